The van der Waals surface area contributed by atoms with Gasteiger partial charge in [-0.3, -0.25) is 9.98 Å². The van der Waals surface area contributed by atoms with Crippen molar-refractivity contribution >= 4 is 22.8 Å². The molecule has 2 fully saturated rings. The van der Waals surface area contributed by atoms with Crippen molar-refractivity contribution in [3.05, 3.63) is 18.2 Å². The molecule has 0 aliphatic heterocycles. The highest BCUT2D eigenvalue weighted by Gasteiger charge is 2.10. The smallest absolute Gasteiger partial charge is 0.141 e. The van der Waals surface area contributed by atoms with Gasteiger partial charge in [-0.25, -0.2) is 0 Å². The van der Waals surface area contributed by atoms with Crippen LogP contribution in [0.15, 0.2) is 28.2 Å². The number of phenols is 1. The first-order chi connectivity index (χ1) is 10.3. The van der Waals surface area contributed by atoms with Crippen molar-refractivity contribution in [1.29, 1.82) is 0 Å². The van der Waals surface area contributed by atoms with Crippen molar-refractivity contribution in [1.82, 2.24) is 0 Å². The summed E-state index contributed by atoms with van der Waals surface area (Å²) in [5, 5.41) is 10.0. The Hall–Kier alpha value is -1.64. The first kappa shape index (κ1) is 14.3. The third-order valence-electron chi connectivity index (χ3n) is 4.39. The molecule has 1 N–H and O–H groups in total. The van der Waals surface area contributed by atoms with Gasteiger partial charge in [-0.05, 0) is 69.6 Å². The molecule has 2 aliphatic carbocycles. The highest BCUT2D eigenvalue weighted by Crippen LogP contribution is 2.33. The van der Waals surface area contributed by atoms with Gasteiger partial charge in [0.1, 0.15) is 11.4 Å². The fraction of sp³-hybridized carbons (Fsp3) is 0.556. The molecule has 112 valence electrons. The normalized spacial score (nSPS) is 19.4. The van der Waals surface area contributed by atoms with Crippen molar-refractivity contribution < 1.29 is 5.11 Å². The predicted molar refractivity (Wildman–Crippen MR) is 88.5 cm³/mol. The minimum absolute atomic E-state index is 0.265. The average molecular weight is 284 g/mol. The molecule has 0 spiro atoms. The lowest BCUT2D eigenvalue weighted by atomic mass is 9.98. The highest BCUT2D eigenvalue weighted by atomic mass is 16.3. The maximum Gasteiger partial charge on any atom is 0.141 e. The van der Waals surface area contributed by atoms with Gasteiger partial charge in [0, 0.05) is 11.4 Å². The van der Waals surface area contributed by atoms with E-state index in [1.807, 2.05) is 12.1 Å². The van der Waals surface area contributed by atoms with Gasteiger partial charge >= 0.3 is 0 Å². The summed E-state index contributed by atoms with van der Waals surface area (Å²) < 4.78 is 0. The zero-order valence-corrected chi connectivity index (χ0v) is 12.6. The van der Waals surface area contributed by atoms with E-state index < -0.39 is 0 Å². The summed E-state index contributed by atoms with van der Waals surface area (Å²) in [6, 6.07) is 5.55. The molecule has 1 aromatic rings. The Morgan fingerprint density at radius 2 is 1.29 bits per heavy atom. The van der Waals surface area contributed by atoms with Crippen molar-refractivity contribution in [2.24, 2.45) is 9.98 Å². The van der Waals surface area contributed by atoms with E-state index in [0.29, 0.717) is 5.69 Å². The van der Waals surface area contributed by atoms with Crippen molar-refractivity contribution in [3.63, 3.8) is 0 Å². The second-order valence-electron chi connectivity index (χ2n) is 6.15. The fourth-order valence-electron chi connectivity index (χ4n) is 3.17. The molecule has 3 nitrogen and oxygen atoms in total. The summed E-state index contributed by atoms with van der Waals surface area (Å²) in [6.45, 7) is 0. The first-order valence-electron chi connectivity index (χ1n) is 8.27. The molecular formula is C18H24N2O. The number of benzene rings is 1. The average Bonchev–Trinajstić information content (AvgIpc) is 2.53. The molecule has 3 heteroatoms. The number of hydrogen-bond donors (Lipinski definition) is 1. The van der Waals surface area contributed by atoms with E-state index in [0.717, 1.165) is 31.4 Å². The first-order valence-corrected chi connectivity index (χ1v) is 8.27. The summed E-state index contributed by atoms with van der Waals surface area (Å²) in [5.41, 5.74) is 4.13. The topological polar surface area (TPSA) is 45.0 Å². The van der Waals surface area contributed by atoms with Crippen LogP contribution >= 0.6 is 0 Å². The molecule has 0 radical (unpaired) electrons. The Labute approximate surface area is 126 Å². The lowest BCUT2D eigenvalue weighted by Crippen LogP contribution is -2.04. The van der Waals surface area contributed by atoms with Crippen LogP contribution in [0.25, 0.3) is 0 Å². The minimum Gasteiger partial charge on any atom is -0.506 e. The Morgan fingerprint density at radius 3 is 1.90 bits per heavy atom. The van der Waals surface area contributed by atoms with Crippen LogP contribution in [0.2, 0.25) is 0 Å². The molecule has 0 atom stereocenters. The van der Waals surface area contributed by atoms with Gasteiger partial charge in [0.25, 0.3) is 0 Å². The number of aromatic hydroxyl groups is 1. The zero-order chi connectivity index (χ0) is 14.5. The van der Waals surface area contributed by atoms with Crippen LogP contribution in [-0.4, -0.2) is 16.5 Å². The lowest BCUT2D eigenvalue weighted by molar-refractivity contribution is 0.477. The van der Waals surface area contributed by atoms with Gasteiger partial charge in [0.15, 0.2) is 0 Å². The standard InChI is InChI=1S/C18H24N2O/c21-18-12-11-16(19-14-7-3-1-4-8-14)13-17(18)20-15-9-5-2-6-10-15/h11-13,21H,1-10H2. The number of phenolic OH excluding ortho intramolecular Hbond substituents is 1. The predicted octanol–water partition coefficient (Wildman–Crippen LogP) is 5.47. The molecule has 0 unspecified atom stereocenters. The molecule has 0 aromatic heterocycles. The number of hydrogen-bond acceptors (Lipinski definition) is 3. The zero-order valence-electron chi connectivity index (χ0n) is 12.6. The summed E-state index contributed by atoms with van der Waals surface area (Å²) in [5.74, 6) is 0.265. The van der Waals surface area contributed by atoms with E-state index in [1.165, 1.54) is 49.9 Å². The van der Waals surface area contributed by atoms with Crippen LogP contribution in [-0.2, 0) is 0 Å². The largest absolute Gasteiger partial charge is 0.506 e. The van der Waals surface area contributed by atoms with Gasteiger partial charge in [-0.2, -0.15) is 0 Å². The van der Waals surface area contributed by atoms with Gasteiger partial charge in [-0.15, -0.1) is 0 Å². The molecule has 3 rings (SSSR count). The quantitative estimate of drug-likeness (QED) is 0.769. The van der Waals surface area contributed by atoms with E-state index in [2.05, 4.69) is 4.99 Å². The molecule has 0 heterocycles. The molecule has 21 heavy (non-hydrogen) atoms. The number of nitrogens with zero attached hydrogens (tertiary/aromatic N) is 2. The highest BCUT2D eigenvalue weighted by molar-refractivity contribution is 5.89. The van der Waals surface area contributed by atoms with Crippen LogP contribution < -0.4 is 0 Å². The monoisotopic (exact) mass is 284 g/mol. The molecule has 2 saturated carbocycles. The second-order valence-corrected chi connectivity index (χ2v) is 6.15. The van der Waals surface area contributed by atoms with E-state index in [9.17, 15) is 5.11 Å². The molecular weight excluding hydrogens is 260 g/mol. The molecule has 0 amide bonds. The summed E-state index contributed by atoms with van der Waals surface area (Å²) in [4.78, 5) is 9.42. The summed E-state index contributed by atoms with van der Waals surface area (Å²) >= 11 is 0. The Balaban J connectivity index is 1.82. The van der Waals surface area contributed by atoms with E-state index in [4.69, 9.17) is 4.99 Å². The van der Waals surface area contributed by atoms with E-state index in [1.54, 1.807) is 6.07 Å². The van der Waals surface area contributed by atoms with Crippen LogP contribution in [0.3, 0.4) is 0 Å². The Bertz CT molecular complexity index is 544. The third-order valence-corrected chi connectivity index (χ3v) is 4.39. The van der Waals surface area contributed by atoms with Crippen LogP contribution in [0.4, 0.5) is 11.4 Å². The summed E-state index contributed by atoms with van der Waals surface area (Å²) in [7, 11) is 0. The van der Waals surface area contributed by atoms with Crippen molar-refractivity contribution in [3.8, 4) is 5.75 Å². The van der Waals surface area contributed by atoms with Crippen LogP contribution in [0.1, 0.15) is 64.2 Å². The molecule has 1 aromatic carbocycles. The fourth-order valence-corrected chi connectivity index (χ4v) is 3.17. The van der Waals surface area contributed by atoms with Crippen LogP contribution in [0.5, 0.6) is 5.75 Å². The second kappa shape index (κ2) is 6.88. The van der Waals surface area contributed by atoms with Gasteiger partial charge < -0.3 is 5.11 Å². The third kappa shape index (κ3) is 3.93. The summed E-state index contributed by atoms with van der Waals surface area (Å²) in [6.07, 6.45) is 12.0. The van der Waals surface area contributed by atoms with Gasteiger partial charge in [0.2, 0.25) is 0 Å². The number of rotatable bonds is 2. The molecule has 0 bridgehead atoms. The lowest BCUT2D eigenvalue weighted by Gasteiger charge is -2.14. The molecule has 0 saturated heterocycles. The van der Waals surface area contributed by atoms with Crippen LogP contribution in [0, 0.1) is 0 Å². The van der Waals surface area contributed by atoms with Gasteiger partial charge in [0.05, 0.1) is 5.69 Å². The molecule has 2 aliphatic rings. The Morgan fingerprint density at radius 1 is 0.714 bits per heavy atom. The maximum absolute atomic E-state index is 10.0. The number of aliphatic imine (C=N–C) groups is 2. The minimum atomic E-state index is 0.265. The van der Waals surface area contributed by atoms with E-state index >= 15 is 0 Å². The van der Waals surface area contributed by atoms with E-state index in [-0.39, 0.29) is 5.75 Å². The van der Waals surface area contributed by atoms with Crippen molar-refractivity contribution in [2.75, 3.05) is 0 Å². The van der Waals surface area contributed by atoms with Gasteiger partial charge in [-0.1, -0.05) is 12.8 Å². The van der Waals surface area contributed by atoms with Crippen molar-refractivity contribution in [2.45, 2.75) is 64.2 Å². The maximum atomic E-state index is 10.0. The Kier molecular flexibility index (Phi) is 4.69. The SMILES string of the molecule is Oc1ccc(N=C2CCCCC2)cc1N=C1CCCCC1.